The predicted octanol–water partition coefficient (Wildman–Crippen LogP) is 3.03. The van der Waals surface area contributed by atoms with E-state index in [9.17, 15) is 18.0 Å². The smallest absolute Gasteiger partial charge is 0.273 e. The zero-order valence-electron chi connectivity index (χ0n) is 15.1. The van der Waals surface area contributed by atoms with Gasteiger partial charge in [0.05, 0.1) is 10.8 Å². The van der Waals surface area contributed by atoms with Crippen LogP contribution in [-0.2, 0) is 10.0 Å². The van der Waals surface area contributed by atoms with Gasteiger partial charge in [-0.2, -0.15) is 3.97 Å². The van der Waals surface area contributed by atoms with Crippen LogP contribution in [0.5, 0.6) is 0 Å². The lowest BCUT2D eigenvalue weighted by atomic mass is 9.96. The first-order chi connectivity index (χ1) is 12.9. The monoisotopic (exact) mass is 384 g/mol. The number of carbonyl (C=O) groups is 1. The van der Waals surface area contributed by atoms with Gasteiger partial charge < -0.3 is 0 Å². The molecule has 0 amide bonds. The van der Waals surface area contributed by atoms with E-state index >= 15 is 0 Å². The van der Waals surface area contributed by atoms with Crippen molar-refractivity contribution in [1.82, 2.24) is 8.54 Å². The molecular formula is C20H20N2O4S. The molecule has 1 aromatic heterocycles. The number of hydrogen-bond donors (Lipinski definition) is 0. The highest BCUT2D eigenvalue weighted by Crippen LogP contribution is 2.21. The summed E-state index contributed by atoms with van der Waals surface area (Å²) in [5.41, 5.74) is 0.795. The number of hydrogen-bond acceptors (Lipinski definition) is 4. The summed E-state index contributed by atoms with van der Waals surface area (Å²) in [4.78, 5) is 25.5. The number of aryl methyl sites for hydroxylation is 1. The number of rotatable bonds is 5. The Hall–Kier alpha value is -2.93. The number of imidazole rings is 1. The number of nitrogens with zero attached hydrogens (tertiary/aromatic N) is 2. The van der Waals surface area contributed by atoms with Crippen molar-refractivity contribution in [2.24, 2.45) is 0 Å². The molecule has 3 rings (SSSR count). The predicted molar refractivity (Wildman–Crippen MR) is 103 cm³/mol. The average Bonchev–Trinajstić information content (AvgIpc) is 3.06. The van der Waals surface area contributed by atoms with Gasteiger partial charge in [0.25, 0.3) is 10.0 Å². The van der Waals surface area contributed by atoms with Gasteiger partial charge in [0.1, 0.15) is 0 Å². The third-order valence-electron chi connectivity index (χ3n) is 4.47. The van der Waals surface area contributed by atoms with E-state index in [0.717, 1.165) is 21.9 Å². The topological polar surface area (TPSA) is 78.1 Å². The van der Waals surface area contributed by atoms with Crippen LogP contribution in [0, 0.1) is 6.92 Å². The Kier molecular flexibility index (Phi) is 5.14. The number of aromatic nitrogens is 2. The molecule has 140 valence electrons. The molecule has 6 nitrogen and oxygen atoms in total. The highest BCUT2D eigenvalue weighted by Gasteiger charge is 2.26. The van der Waals surface area contributed by atoms with Crippen molar-refractivity contribution in [3.63, 3.8) is 0 Å². The molecule has 1 heterocycles. The van der Waals surface area contributed by atoms with Gasteiger partial charge in [-0.25, -0.2) is 17.8 Å². The largest absolute Gasteiger partial charge is 0.349 e. The summed E-state index contributed by atoms with van der Waals surface area (Å²) in [5.74, 6) is -0.978. The molecule has 0 radical (unpaired) electrons. The maximum absolute atomic E-state index is 12.9. The minimum atomic E-state index is -4.07. The fourth-order valence-electron chi connectivity index (χ4n) is 2.94. The van der Waals surface area contributed by atoms with Crippen LogP contribution in [0.2, 0.25) is 0 Å². The summed E-state index contributed by atoms with van der Waals surface area (Å²) in [6.45, 7) is 3.69. The lowest BCUT2D eigenvalue weighted by Crippen LogP contribution is -2.34. The Morgan fingerprint density at radius 2 is 1.63 bits per heavy atom. The van der Waals surface area contributed by atoms with Crippen LogP contribution in [0.15, 0.2) is 76.7 Å². The Bertz CT molecular complexity index is 1110. The Labute approximate surface area is 157 Å². The first-order valence-corrected chi connectivity index (χ1v) is 10.0. The Morgan fingerprint density at radius 3 is 2.22 bits per heavy atom. The minimum Gasteiger partial charge on any atom is -0.273 e. The summed E-state index contributed by atoms with van der Waals surface area (Å²) in [6, 6.07) is 15.3. The molecule has 0 aliphatic rings. The summed E-state index contributed by atoms with van der Waals surface area (Å²) >= 11 is 0. The molecule has 0 bridgehead atoms. The van der Waals surface area contributed by atoms with Crippen molar-refractivity contribution in [1.29, 1.82) is 0 Å². The molecule has 0 saturated carbocycles. The van der Waals surface area contributed by atoms with Crippen LogP contribution in [0.1, 0.15) is 35.2 Å². The van der Waals surface area contributed by atoms with Gasteiger partial charge >= 0.3 is 5.69 Å². The van der Waals surface area contributed by atoms with Gasteiger partial charge in [0, 0.05) is 12.4 Å². The van der Waals surface area contributed by atoms with E-state index in [1.165, 1.54) is 18.3 Å². The summed E-state index contributed by atoms with van der Waals surface area (Å²) in [7, 11) is -4.07. The zero-order valence-corrected chi connectivity index (χ0v) is 15.9. The Morgan fingerprint density at radius 1 is 1.00 bits per heavy atom. The normalized spacial score (nSPS) is 12.7. The second-order valence-electron chi connectivity index (χ2n) is 6.27. The molecule has 0 unspecified atom stereocenters. The molecule has 0 aliphatic heterocycles. The standard InChI is InChI=1S/C20H20N2O4S/c1-3-18(16-7-5-4-6-8-16)19(23)21-13-14-22(20(21)24)27(25,26)17-11-9-15(2)10-12-17/h4-14,18H,3H2,1-2H3/t18-/m1/s1. The third kappa shape index (κ3) is 3.50. The van der Waals surface area contributed by atoms with Gasteiger partial charge in [-0.1, -0.05) is 55.0 Å². The quantitative estimate of drug-likeness (QED) is 0.677. The van der Waals surface area contributed by atoms with Crippen LogP contribution < -0.4 is 5.69 Å². The second-order valence-corrected chi connectivity index (χ2v) is 8.09. The molecule has 0 saturated heterocycles. The van der Waals surface area contributed by atoms with Crippen LogP contribution >= 0.6 is 0 Å². The number of carbonyl (C=O) groups excluding carboxylic acids is 1. The second kappa shape index (κ2) is 7.36. The molecule has 0 N–H and O–H groups in total. The van der Waals surface area contributed by atoms with E-state index < -0.39 is 27.5 Å². The van der Waals surface area contributed by atoms with Crippen LogP contribution in [0.3, 0.4) is 0 Å². The van der Waals surface area contributed by atoms with Crippen molar-refractivity contribution in [3.8, 4) is 0 Å². The zero-order chi connectivity index (χ0) is 19.6. The molecule has 27 heavy (non-hydrogen) atoms. The van der Waals surface area contributed by atoms with E-state index in [4.69, 9.17) is 0 Å². The Balaban J connectivity index is 2.01. The molecule has 0 spiro atoms. The number of benzene rings is 2. The first-order valence-electron chi connectivity index (χ1n) is 8.57. The van der Waals surface area contributed by atoms with Gasteiger partial charge in [0.2, 0.25) is 5.91 Å². The molecule has 0 aliphatic carbocycles. The highest BCUT2D eigenvalue weighted by molar-refractivity contribution is 7.90. The van der Waals surface area contributed by atoms with E-state index in [1.54, 1.807) is 12.1 Å². The van der Waals surface area contributed by atoms with Crippen LogP contribution in [-0.4, -0.2) is 22.9 Å². The molecule has 7 heteroatoms. The SMILES string of the molecule is CC[C@@H](C(=O)n1ccn(S(=O)(=O)c2ccc(C)cc2)c1=O)c1ccccc1. The van der Waals surface area contributed by atoms with E-state index in [0.29, 0.717) is 10.4 Å². The van der Waals surface area contributed by atoms with E-state index in [2.05, 4.69) is 0 Å². The molecule has 1 atom stereocenters. The average molecular weight is 384 g/mol. The van der Waals surface area contributed by atoms with Crippen molar-refractivity contribution in [3.05, 3.63) is 88.6 Å². The van der Waals surface area contributed by atoms with Crippen LogP contribution in [0.25, 0.3) is 0 Å². The van der Waals surface area contributed by atoms with Gasteiger partial charge in [0.15, 0.2) is 0 Å². The maximum Gasteiger partial charge on any atom is 0.349 e. The van der Waals surface area contributed by atoms with Crippen molar-refractivity contribution < 1.29 is 13.2 Å². The molecule has 2 aromatic carbocycles. The third-order valence-corrected chi connectivity index (χ3v) is 6.13. The van der Waals surface area contributed by atoms with Gasteiger partial charge in [-0.15, -0.1) is 0 Å². The van der Waals surface area contributed by atoms with Crippen LogP contribution in [0.4, 0.5) is 0 Å². The fourth-order valence-corrected chi connectivity index (χ4v) is 4.16. The lowest BCUT2D eigenvalue weighted by Gasteiger charge is -2.13. The first kappa shape index (κ1) is 18.8. The maximum atomic E-state index is 12.9. The highest BCUT2D eigenvalue weighted by atomic mass is 32.2. The van der Waals surface area contributed by atoms with Gasteiger partial charge in [-0.05, 0) is 31.0 Å². The molecule has 3 aromatic rings. The minimum absolute atomic E-state index is 0.00417. The van der Waals surface area contributed by atoms with Crippen molar-refractivity contribution >= 4 is 15.9 Å². The summed E-state index contributed by atoms with van der Waals surface area (Å²) in [6.07, 6.45) is 2.82. The van der Waals surface area contributed by atoms with E-state index in [1.807, 2.05) is 44.2 Å². The van der Waals surface area contributed by atoms with Crippen molar-refractivity contribution in [2.75, 3.05) is 0 Å². The van der Waals surface area contributed by atoms with E-state index in [-0.39, 0.29) is 4.90 Å². The van der Waals surface area contributed by atoms with Gasteiger partial charge in [-0.3, -0.25) is 4.79 Å². The van der Waals surface area contributed by atoms with Crippen molar-refractivity contribution in [2.45, 2.75) is 31.1 Å². The lowest BCUT2D eigenvalue weighted by molar-refractivity contribution is 0.0870. The molecular weight excluding hydrogens is 364 g/mol. The molecule has 0 fully saturated rings. The summed E-state index contributed by atoms with van der Waals surface area (Å²) in [5, 5.41) is 0. The summed E-state index contributed by atoms with van der Waals surface area (Å²) < 4.78 is 27.0. The fraction of sp³-hybridized carbons (Fsp3) is 0.200.